The zero-order valence-electron chi connectivity index (χ0n) is 54.5. The third-order valence-electron chi connectivity index (χ3n) is 15.6. The van der Waals surface area contributed by atoms with Crippen molar-refractivity contribution in [2.75, 3.05) is 13.2 Å². The van der Waals surface area contributed by atoms with Gasteiger partial charge in [0.15, 0.2) is 6.10 Å². The van der Waals surface area contributed by atoms with E-state index in [-0.39, 0.29) is 31.1 Å². The highest BCUT2D eigenvalue weighted by atomic mass is 16.6. The summed E-state index contributed by atoms with van der Waals surface area (Å²) in [6.45, 7) is 6.57. The van der Waals surface area contributed by atoms with Crippen molar-refractivity contribution in [3.05, 3.63) is 85.1 Å². The van der Waals surface area contributed by atoms with Crippen LogP contribution in [0.15, 0.2) is 85.1 Å². The SMILES string of the molecule is CC/C=C\C/C=C\C/C=C\C/C=C\C/C=C\C/C=C\CCCCCCCCC(=O)OCC(COC(=O)CCCCCCCCCCCCCCCCCC)OC(=O)CCCCCCCCCCCCC/C=C\CCCCCCCCCC. The van der Waals surface area contributed by atoms with Crippen LogP contribution in [0.3, 0.4) is 0 Å². The van der Waals surface area contributed by atoms with Crippen molar-refractivity contribution in [1.82, 2.24) is 0 Å². The summed E-state index contributed by atoms with van der Waals surface area (Å²) in [5, 5.41) is 0. The average molecular weight is 1140 g/mol. The molecule has 0 bridgehead atoms. The molecule has 6 nitrogen and oxygen atoms in total. The Hall–Kier alpha value is -3.41. The second-order valence-electron chi connectivity index (χ2n) is 23.8. The Labute approximate surface area is 509 Å². The predicted octanol–water partition coefficient (Wildman–Crippen LogP) is 24.6. The molecule has 0 amide bonds. The van der Waals surface area contributed by atoms with Crippen LogP contribution in [-0.4, -0.2) is 37.2 Å². The average Bonchev–Trinajstić information content (AvgIpc) is 3.47. The molecular formula is C76H134O6. The van der Waals surface area contributed by atoms with E-state index in [9.17, 15) is 14.4 Å². The molecule has 82 heavy (non-hydrogen) atoms. The highest BCUT2D eigenvalue weighted by molar-refractivity contribution is 5.71. The Morgan fingerprint density at radius 2 is 0.476 bits per heavy atom. The number of unbranched alkanes of at least 4 members (excludes halogenated alkanes) is 40. The van der Waals surface area contributed by atoms with E-state index < -0.39 is 6.10 Å². The Bertz CT molecular complexity index is 1550. The maximum absolute atomic E-state index is 13.0. The molecular weight excluding hydrogens is 1010 g/mol. The summed E-state index contributed by atoms with van der Waals surface area (Å²) in [4.78, 5) is 38.5. The van der Waals surface area contributed by atoms with Gasteiger partial charge in [-0.15, -0.1) is 0 Å². The molecule has 0 spiro atoms. The first-order chi connectivity index (χ1) is 40.5. The molecule has 0 aliphatic carbocycles. The van der Waals surface area contributed by atoms with Crippen molar-refractivity contribution < 1.29 is 28.6 Å². The predicted molar refractivity (Wildman–Crippen MR) is 358 cm³/mol. The summed E-state index contributed by atoms with van der Waals surface area (Å²) in [5.41, 5.74) is 0. The van der Waals surface area contributed by atoms with Crippen molar-refractivity contribution in [3.63, 3.8) is 0 Å². The number of hydrogen-bond donors (Lipinski definition) is 0. The molecule has 0 aromatic heterocycles. The largest absolute Gasteiger partial charge is 0.462 e. The fraction of sp³-hybridized carbons (Fsp3) is 0.776. The van der Waals surface area contributed by atoms with Gasteiger partial charge in [0, 0.05) is 19.3 Å². The lowest BCUT2D eigenvalue weighted by atomic mass is 10.0. The van der Waals surface area contributed by atoms with Gasteiger partial charge in [0.25, 0.3) is 0 Å². The van der Waals surface area contributed by atoms with Crippen LogP contribution in [0.4, 0.5) is 0 Å². The van der Waals surface area contributed by atoms with Gasteiger partial charge in [-0.3, -0.25) is 14.4 Å². The van der Waals surface area contributed by atoms with Gasteiger partial charge >= 0.3 is 17.9 Å². The number of carbonyl (C=O) groups is 3. The van der Waals surface area contributed by atoms with Crippen molar-refractivity contribution in [2.45, 2.75) is 367 Å². The minimum Gasteiger partial charge on any atom is -0.462 e. The van der Waals surface area contributed by atoms with Crippen LogP contribution in [0.2, 0.25) is 0 Å². The Balaban J connectivity index is 4.37. The van der Waals surface area contributed by atoms with Gasteiger partial charge in [0.1, 0.15) is 13.2 Å². The quantitative estimate of drug-likeness (QED) is 0.0261. The van der Waals surface area contributed by atoms with E-state index in [1.165, 1.54) is 218 Å². The van der Waals surface area contributed by atoms with Crippen LogP contribution in [0.1, 0.15) is 361 Å². The normalized spacial score (nSPS) is 12.6. The standard InChI is InChI=1S/C76H134O6/c1-4-7-10-13-16-19-22-25-28-31-33-35-37-38-40-41-43-45-48-51-54-57-60-63-66-69-75(78)81-72-73(71-80-74(77)68-65-62-59-56-53-50-47-30-27-24-21-18-15-12-9-6-3)82-76(79)70-67-64-61-58-55-52-49-46-44-42-39-36-34-32-29-26-23-20-17-14-11-8-5-2/h7,10,16,19,25,28,32-35,38,40,43,45,73H,4-6,8-9,11-15,17-18,20-24,26-27,29-31,36-37,39,41-42,44,46-72H2,1-3H3/b10-7-,19-16-,28-25-,34-32-,35-33-,40-38-,45-43-. The zero-order chi connectivity index (χ0) is 59.2. The molecule has 0 N–H and O–H groups in total. The van der Waals surface area contributed by atoms with Gasteiger partial charge in [0.05, 0.1) is 0 Å². The molecule has 0 rings (SSSR count). The van der Waals surface area contributed by atoms with E-state index >= 15 is 0 Å². The first-order valence-corrected chi connectivity index (χ1v) is 35.6. The van der Waals surface area contributed by atoms with Crippen LogP contribution < -0.4 is 0 Å². The molecule has 0 heterocycles. The zero-order valence-corrected chi connectivity index (χ0v) is 54.5. The molecule has 1 unspecified atom stereocenters. The highest BCUT2D eigenvalue weighted by Crippen LogP contribution is 2.18. The number of esters is 3. The van der Waals surface area contributed by atoms with Gasteiger partial charge in [-0.1, -0.05) is 331 Å². The second kappa shape index (κ2) is 70.1. The second-order valence-corrected chi connectivity index (χ2v) is 23.8. The molecule has 474 valence electrons. The summed E-state index contributed by atoms with van der Waals surface area (Å²) < 4.78 is 17.0. The van der Waals surface area contributed by atoms with E-state index in [0.717, 1.165) is 103 Å². The van der Waals surface area contributed by atoms with Crippen LogP contribution in [-0.2, 0) is 28.6 Å². The van der Waals surface area contributed by atoms with E-state index in [2.05, 4.69) is 106 Å². The minimum absolute atomic E-state index is 0.0776. The molecule has 0 saturated carbocycles. The Morgan fingerprint density at radius 3 is 0.756 bits per heavy atom. The monoisotopic (exact) mass is 1140 g/mol. The van der Waals surface area contributed by atoms with Gasteiger partial charge in [-0.2, -0.15) is 0 Å². The van der Waals surface area contributed by atoms with Crippen LogP contribution in [0, 0.1) is 0 Å². The van der Waals surface area contributed by atoms with E-state index in [1.54, 1.807) is 0 Å². The first kappa shape index (κ1) is 78.6. The smallest absolute Gasteiger partial charge is 0.306 e. The Morgan fingerprint density at radius 1 is 0.256 bits per heavy atom. The molecule has 0 aromatic rings. The number of ether oxygens (including phenoxy) is 3. The molecule has 0 aromatic carbocycles. The van der Waals surface area contributed by atoms with Crippen LogP contribution in [0.5, 0.6) is 0 Å². The lowest BCUT2D eigenvalue weighted by molar-refractivity contribution is -0.167. The van der Waals surface area contributed by atoms with Gasteiger partial charge < -0.3 is 14.2 Å². The van der Waals surface area contributed by atoms with Gasteiger partial charge in [-0.05, 0) is 96.3 Å². The van der Waals surface area contributed by atoms with E-state index in [1.807, 2.05) is 0 Å². The summed E-state index contributed by atoms with van der Waals surface area (Å²) in [6.07, 6.45) is 93.1. The molecule has 0 aliphatic rings. The summed E-state index contributed by atoms with van der Waals surface area (Å²) in [5.74, 6) is -0.873. The molecule has 1 atom stereocenters. The fourth-order valence-corrected chi connectivity index (χ4v) is 10.3. The number of carbonyl (C=O) groups excluding carboxylic acids is 3. The summed E-state index contributed by atoms with van der Waals surface area (Å²) in [6, 6.07) is 0. The van der Waals surface area contributed by atoms with Crippen LogP contribution >= 0.6 is 0 Å². The topological polar surface area (TPSA) is 78.9 Å². The van der Waals surface area contributed by atoms with Crippen molar-refractivity contribution in [2.24, 2.45) is 0 Å². The van der Waals surface area contributed by atoms with Crippen molar-refractivity contribution in [1.29, 1.82) is 0 Å². The van der Waals surface area contributed by atoms with Gasteiger partial charge in [0.2, 0.25) is 0 Å². The molecule has 0 saturated heterocycles. The molecule has 0 radical (unpaired) electrons. The summed E-state index contributed by atoms with van der Waals surface area (Å²) in [7, 11) is 0. The summed E-state index contributed by atoms with van der Waals surface area (Å²) >= 11 is 0. The number of rotatable bonds is 65. The maximum Gasteiger partial charge on any atom is 0.306 e. The molecule has 0 fully saturated rings. The fourth-order valence-electron chi connectivity index (χ4n) is 10.3. The first-order valence-electron chi connectivity index (χ1n) is 35.6. The number of hydrogen-bond acceptors (Lipinski definition) is 6. The third kappa shape index (κ3) is 67.4. The third-order valence-corrected chi connectivity index (χ3v) is 15.6. The van der Waals surface area contributed by atoms with Crippen molar-refractivity contribution in [3.8, 4) is 0 Å². The van der Waals surface area contributed by atoms with E-state index in [0.29, 0.717) is 19.3 Å². The van der Waals surface area contributed by atoms with Crippen LogP contribution in [0.25, 0.3) is 0 Å². The number of allylic oxidation sites excluding steroid dienone is 14. The molecule has 6 heteroatoms. The minimum atomic E-state index is -0.784. The lowest BCUT2D eigenvalue weighted by Gasteiger charge is -2.18. The van der Waals surface area contributed by atoms with Crippen molar-refractivity contribution >= 4 is 17.9 Å². The molecule has 0 aliphatic heterocycles. The maximum atomic E-state index is 13.0. The Kier molecular flexibility index (Phi) is 67.2. The lowest BCUT2D eigenvalue weighted by Crippen LogP contribution is -2.30. The van der Waals surface area contributed by atoms with Gasteiger partial charge in [-0.25, -0.2) is 0 Å². The highest BCUT2D eigenvalue weighted by Gasteiger charge is 2.19. The van der Waals surface area contributed by atoms with E-state index in [4.69, 9.17) is 14.2 Å².